The lowest BCUT2D eigenvalue weighted by atomic mass is 10.1. The van der Waals surface area contributed by atoms with E-state index in [0.29, 0.717) is 26.3 Å². The number of hydrogen-bond donors (Lipinski definition) is 1. The summed E-state index contributed by atoms with van der Waals surface area (Å²) in [5.74, 6) is 1.49. The third-order valence-electron chi connectivity index (χ3n) is 3.77. The molecule has 0 fully saturated rings. The van der Waals surface area contributed by atoms with Crippen molar-refractivity contribution < 1.29 is 9.47 Å². The molecule has 0 radical (unpaired) electrons. The van der Waals surface area contributed by atoms with E-state index in [1.165, 1.54) is 0 Å². The molecular formula is C17H20N2O3. The summed E-state index contributed by atoms with van der Waals surface area (Å²) in [5.41, 5.74) is 2.67. The molecule has 2 heterocycles. The van der Waals surface area contributed by atoms with E-state index in [9.17, 15) is 4.79 Å². The lowest BCUT2D eigenvalue weighted by molar-refractivity contribution is 0.171. The Labute approximate surface area is 129 Å². The Morgan fingerprint density at radius 2 is 1.91 bits per heavy atom. The van der Waals surface area contributed by atoms with E-state index in [2.05, 4.69) is 5.32 Å². The summed E-state index contributed by atoms with van der Waals surface area (Å²) in [6.07, 6.45) is 0. The fourth-order valence-corrected chi connectivity index (χ4v) is 2.72. The summed E-state index contributed by atoms with van der Waals surface area (Å²) in [4.78, 5) is 12.5. The van der Waals surface area contributed by atoms with Gasteiger partial charge in [0.05, 0.1) is 5.69 Å². The van der Waals surface area contributed by atoms with Gasteiger partial charge in [0, 0.05) is 24.2 Å². The second-order valence-electron chi connectivity index (χ2n) is 5.18. The molecule has 1 aromatic carbocycles. The van der Waals surface area contributed by atoms with Crippen LogP contribution in [0.5, 0.6) is 11.5 Å². The molecular weight excluding hydrogens is 280 g/mol. The van der Waals surface area contributed by atoms with Gasteiger partial charge in [-0.25, -0.2) is 0 Å². The molecule has 1 aliphatic heterocycles. The normalized spacial score (nSPS) is 13.2. The van der Waals surface area contributed by atoms with Crippen LogP contribution in [0.1, 0.15) is 12.5 Å². The van der Waals surface area contributed by atoms with Crippen molar-refractivity contribution in [3.63, 3.8) is 0 Å². The quantitative estimate of drug-likeness (QED) is 0.938. The molecule has 1 aromatic heterocycles. The molecule has 116 valence electrons. The Hall–Kier alpha value is -2.27. The molecule has 0 saturated heterocycles. The number of ether oxygens (including phenoxy) is 2. The number of rotatable bonds is 4. The Kier molecular flexibility index (Phi) is 4.15. The fraction of sp³-hybridized carbons (Fsp3) is 0.353. The lowest BCUT2D eigenvalue weighted by Crippen LogP contribution is -2.26. The summed E-state index contributed by atoms with van der Waals surface area (Å²) in [5, 5.41) is 3.03. The first kappa shape index (κ1) is 14.7. The molecule has 22 heavy (non-hydrogen) atoms. The van der Waals surface area contributed by atoms with Crippen LogP contribution in [0.25, 0.3) is 11.3 Å². The first-order chi connectivity index (χ1) is 10.7. The third-order valence-corrected chi connectivity index (χ3v) is 3.77. The van der Waals surface area contributed by atoms with Crippen LogP contribution >= 0.6 is 0 Å². The van der Waals surface area contributed by atoms with Gasteiger partial charge in [-0.05, 0) is 38.2 Å². The maximum absolute atomic E-state index is 12.5. The minimum absolute atomic E-state index is 0.0456. The Balaban J connectivity index is 2.08. The molecule has 0 atom stereocenters. The molecule has 0 aliphatic carbocycles. The van der Waals surface area contributed by atoms with Crippen molar-refractivity contribution in [2.75, 3.05) is 20.3 Å². The smallest absolute Gasteiger partial charge is 0.255 e. The van der Waals surface area contributed by atoms with Gasteiger partial charge in [-0.3, -0.25) is 4.79 Å². The minimum atomic E-state index is 0.0456. The third kappa shape index (κ3) is 2.60. The van der Waals surface area contributed by atoms with Gasteiger partial charge in [0.2, 0.25) is 0 Å². The molecule has 0 amide bonds. The van der Waals surface area contributed by atoms with Crippen LogP contribution in [-0.4, -0.2) is 24.8 Å². The molecule has 0 bridgehead atoms. The second kappa shape index (κ2) is 6.23. The van der Waals surface area contributed by atoms with Crippen LogP contribution in [0, 0.1) is 0 Å². The fourth-order valence-electron chi connectivity index (χ4n) is 2.72. The van der Waals surface area contributed by atoms with Crippen molar-refractivity contribution in [3.05, 3.63) is 46.2 Å². The van der Waals surface area contributed by atoms with Crippen LogP contribution in [-0.2, 0) is 13.1 Å². The van der Waals surface area contributed by atoms with E-state index in [1.807, 2.05) is 44.3 Å². The van der Waals surface area contributed by atoms with E-state index < -0.39 is 0 Å². The van der Waals surface area contributed by atoms with Crippen LogP contribution in [0.4, 0.5) is 0 Å². The topological polar surface area (TPSA) is 52.5 Å². The molecule has 1 N–H and O–H groups in total. The SMILES string of the molecule is CCn1c(-c2ccc3c(c2)OCCO3)ccc(CNC)c1=O. The number of nitrogens with zero attached hydrogens (tertiary/aromatic N) is 1. The molecule has 0 saturated carbocycles. The van der Waals surface area contributed by atoms with Crippen molar-refractivity contribution in [3.8, 4) is 22.8 Å². The molecule has 5 nitrogen and oxygen atoms in total. The van der Waals surface area contributed by atoms with Crippen LogP contribution in [0.3, 0.4) is 0 Å². The number of pyridine rings is 1. The monoisotopic (exact) mass is 300 g/mol. The van der Waals surface area contributed by atoms with Crippen molar-refractivity contribution in [2.24, 2.45) is 0 Å². The van der Waals surface area contributed by atoms with E-state index in [-0.39, 0.29) is 5.56 Å². The highest BCUT2D eigenvalue weighted by Crippen LogP contribution is 2.34. The first-order valence-corrected chi connectivity index (χ1v) is 7.52. The predicted octanol–water partition coefficient (Wildman–Crippen LogP) is 2.03. The van der Waals surface area contributed by atoms with Crippen molar-refractivity contribution in [2.45, 2.75) is 20.0 Å². The highest BCUT2D eigenvalue weighted by Gasteiger charge is 2.15. The number of hydrogen-bond acceptors (Lipinski definition) is 4. The van der Waals surface area contributed by atoms with Gasteiger partial charge >= 0.3 is 0 Å². The molecule has 3 rings (SSSR count). The number of nitrogens with one attached hydrogen (secondary N) is 1. The molecule has 2 aromatic rings. The Morgan fingerprint density at radius 3 is 2.64 bits per heavy atom. The van der Waals surface area contributed by atoms with E-state index >= 15 is 0 Å². The van der Waals surface area contributed by atoms with Gasteiger partial charge in [0.1, 0.15) is 13.2 Å². The highest BCUT2D eigenvalue weighted by molar-refractivity contribution is 5.64. The minimum Gasteiger partial charge on any atom is -0.486 e. The van der Waals surface area contributed by atoms with Crippen LogP contribution < -0.4 is 20.3 Å². The van der Waals surface area contributed by atoms with Gasteiger partial charge in [0.25, 0.3) is 5.56 Å². The number of benzene rings is 1. The average molecular weight is 300 g/mol. The van der Waals surface area contributed by atoms with Crippen molar-refractivity contribution in [1.29, 1.82) is 0 Å². The van der Waals surface area contributed by atoms with Gasteiger partial charge < -0.3 is 19.4 Å². The Bertz CT molecular complexity index is 737. The lowest BCUT2D eigenvalue weighted by Gasteiger charge is -2.20. The Morgan fingerprint density at radius 1 is 1.14 bits per heavy atom. The van der Waals surface area contributed by atoms with E-state index in [1.54, 1.807) is 4.57 Å². The molecule has 0 spiro atoms. The zero-order valence-electron chi connectivity index (χ0n) is 12.9. The van der Waals surface area contributed by atoms with Gasteiger partial charge in [-0.1, -0.05) is 6.07 Å². The highest BCUT2D eigenvalue weighted by atomic mass is 16.6. The number of aromatic nitrogens is 1. The van der Waals surface area contributed by atoms with E-state index in [0.717, 1.165) is 28.3 Å². The summed E-state index contributed by atoms with van der Waals surface area (Å²) in [6.45, 7) is 4.30. The predicted molar refractivity (Wildman–Crippen MR) is 85.6 cm³/mol. The first-order valence-electron chi connectivity index (χ1n) is 7.52. The number of fused-ring (bicyclic) bond motifs is 1. The van der Waals surface area contributed by atoms with Crippen molar-refractivity contribution in [1.82, 2.24) is 9.88 Å². The molecule has 5 heteroatoms. The summed E-state index contributed by atoms with van der Waals surface area (Å²) in [7, 11) is 1.84. The van der Waals surface area contributed by atoms with Gasteiger partial charge in [-0.2, -0.15) is 0 Å². The largest absolute Gasteiger partial charge is 0.486 e. The molecule has 1 aliphatic rings. The van der Waals surface area contributed by atoms with Gasteiger partial charge in [0.15, 0.2) is 11.5 Å². The zero-order chi connectivity index (χ0) is 15.5. The van der Waals surface area contributed by atoms with Crippen LogP contribution in [0.15, 0.2) is 35.1 Å². The molecule has 0 unspecified atom stereocenters. The zero-order valence-corrected chi connectivity index (χ0v) is 12.9. The standard InChI is InChI=1S/C17H20N2O3/c1-3-19-14(6-4-13(11-18-2)17(19)20)12-5-7-15-16(10-12)22-9-8-21-15/h4-7,10,18H,3,8-9,11H2,1-2H3. The maximum Gasteiger partial charge on any atom is 0.255 e. The van der Waals surface area contributed by atoms with Crippen molar-refractivity contribution >= 4 is 0 Å². The van der Waals surface area contributed by atoms with Crippen LogP contribution in [0.2, 0.25) is 0 Å². The van der Waals surface area contributed by atoms with E-state index in [4.69, 9.17) is 9.47 Å². The average Bonchev–Trinajstić information content (AvgIpc) is 2.56. The second-order valence-corrected chi connectivity index (χ2v) is 5.18. The summed E-state index contributed by atoms with van der Waals surface area (Å²) >= 11 is 0. The maximum atomic E-state index is 12.5. The summed E-state index contributed by atoms with van der Waals surface area (Å²) < 4.78 is 13.0. The van der Waals surface area contributed by atoms with Gasteiger partial charge in [-0.15, -0.1) is 0 Å². The summed E-state index contributed by atoms with van der Waals surface area (Å²) in [6, 6.07) is 9.68.